The van der Waals surface area contributed by atoms with Crippen molar-refractivity contribution in [3.8, 4) is 0 Å². The third-order valence-electron chi connectivity index (χ3n) is 4.89. The Labute approximate surface area is 113 Å². The van der Waals surface area contributed by atoms with Crippen LogP contribution >= 0.6 is 12.6 Å². The molecule has 0 bridgehead atoms. The minimum Gasteiger partial charge on any atom is -0.300 e. The van der Waals surface area contributed by atoms with Gasteiger partial charge in [0.05, 0.1) is 0 Å². The molecule has 0 radical (unpaired) electrons. The van der Waals surface area contributed by atoms with E-state index in [-0.39, 0.29) is 0 Å². The number of likely N-dealkylation sites (tertiary alicyclic amines) is 1. The number of hydrogen-bond acceptors (Lipinski definition) is 2. The molecule has 0 aromatic heterocycles. The molecule has 2 fully saturated rings. The molecule has 1 aliphatic heterocycles. The average molecular weight is 255 g/mol. The van der Waals surface area contributed by atoms with Crippen LogP contribution in [-0.2, 0) is 0 Å². The SMILES string of the molecule is CC(CCS)CCN1CCCC1C1CCCC1. The van der Waals surface area contributed by atoms with E-state index in [2.05, 4.69) is 24.5 Å². The first-order valence-electron chi connectivity index (χ1n) is 7.66. The Balaban J connectivity index is 1.74. The molecule has 0 amide bonds. The smallest absolute Gasteiger partial charge is 0.0124 e. The van der Waals surface area contributed by atoms with Gasteiger partial charge < -0.3 is 4.90 Å². The molecule has 17 heavy (non-hydrogen) atoms. The van der Waals surface area contributed by atoms with Crippen LogP contribution in [0.3, 0.4) is 0 Å². The van der Waals surface area contributed by atoms with Crippen molar-refractivity contribution in [2.24, 2.45) is 11.8 Å². The molecule has 0 spiro atoms. The maximum absolute atomic E-state index is 4.34. The van der Waals surface area contributed by atoms with Gasteiger partial charge in [-0.3, -0.25) is 0 Å². The van der Waals surface area contributed by atoms with Crippen molar-refractivity contribution in [2.45, 2.75) is 64.3 Å². The van der Waals surface area contributed by atoms with E-state index in [1.807, 2.05) is 0 Å². The van der Waals surface area contributed by atoms with Gasteiger partial charge in [0.1, 0.15) is 0 Å². The Morgan fingerprint density at radius 1 is 1.12 bits per heavy atom. The highest BCUT2D eigenvalue weighted by Crippen LogP contribution is 2.35. The zero-order valence-corrected chi connectivity index (χ0v) is 12.3. The standard InChI is InChI=1S/C15H29NS/c1-13(9-12-17)8-11-16-10-4-7-15(16)14-5-2-3-6-14/h13-15,17H,2-12H2,1H3. The summed E-state index contributed by atoms with van der Waals surface area (Å²) in [5, 5.41) is 0. The van der Waals surface area contributed by atoms with Gasteiger partial charge in [0.15, 0.2) is 0 Å². The van der Waals surface area contributed by atoms with Gasteiger partial charge in [-0.15, -0.1) is 0 Å². The molecule has 0 aromatic carbocycles. The molecular formula is C15H29NS. The number of hydrogen-bond donors (Lipinski definition) is 1. The summed E-state index contributed by atoms with van der Waals surface area (Å²) in [6.07, 6.45) is 11.6. The summed E-state index contributed by atoms with van der Waals surface area (Å²) in [4.78, 5) is 2.81. The zero-order valence-electron chi connectivity index (χ0n) is 11.4. The van der Waals surface area contributed by atoms with E-state index in [4.69, 9.17) is 0 Å². The lowest BCUT2D eigenvalue weighted by Crippen LogP contribution is -2.35. The topological polar surface area (TPSA) is 3.24 Å². The second-order valence-corrected chi connectivity index (χ2v) is 6.64. The zero-order chi connectivity index (χ0) is 12.1. The van der Waals surface area contributed by atoms with Crippen molar-refractivity contribution in [3.05, 3.63) is 0 Å². The van der Waals surface area contributed by atoms with Gasteiger partial charge in [0.25, 0.3) is 0 Å². The van der Waals surface area contributed by atoms with E-state index in [0.29, 0.717) is 0 Å². The predicted octanol–water partition coefficient (Wildman–Crippen LogP) is 3.99. The summed E-state index contributed by atoms with van der Waals surface area (Å²) < 4.78 is 0. The Morgan fingerprint density at radius 3 is 2.59 bits per heavy atom. The fourth-order valence-corrected chi connectivity index (χ4v) is 4.20. The highest BCUT2D eigenvalue weighted by molar-refractivity contribution is 7.80. The van der Waals surface area contributed by atoms with Crippen LogP contribution in [0.2, 0.25) is 0 Å². The molecule has 0 aromatic rings. The minimum atomic E-state index is 0.859. The molecule has 0 N–H and O–H groups in total. The van der Waals surface area contributed by atoms with E-state index >= 15 is 0 Å². The summed E-state index contributed by atoms with van der Waals surface area (Å²) in [5.74, 6) is 2.95. The van der Waals surface area contributed by atoms with Crippen molar-refractivity contribution in [3.63, 3.8) is 0 Å². The molecule has 1 saturated carbocycles. The Morgan fingerprint density at radius 2 is 1.88 bits per heavy atom. The van der Waals surface area contributed by atoms with Crippen molar-refractivity contribution < 1.29 is 0 Å². The molecule has 2 atom stereocenters. The summed E-state index contributed by atoms with van der Waals surface area (Å²) in [6, 6.07) is 0.945. The first-order chi connectivity index (χ1) is 8.31. The lowest BCUT2D eigenvalue weighted by molar-refractivity contribution is 0.180. The van der Waals surface area contributed by atoms with Crippen LogP contribution in [0.4, 0.5) is 0 Å². The second kappa shape index (κ2) is 7.04. The summed E-state index contributed by atoms with van der Waals surface area (Å²) >= 11 is 4.34. The second-order valence-electron chi connectivity index (χ2n) is 6.20. The van der Waals surface area contributed by atoms with Gasteiger partial charge >= 0.3 is 0 Å². The molecular weight excluding hydrogens is 226 g/mol. The van der Waals surface area contributed by atoms with Gasteiger partial charge in [-0.2, -0.15) is 12.6 Å². The van der Waals surface area contributed by atoms with Crippen molar-refractivity contribution in [2.75, 3.05) is 18.8 Å². The van der Waals surface area contributed by atoms with E-state index in [1.165, 1.54) is 64.5 Å². The molecule has 1 aliphatic carbocycles. The van der Waals surface area contributed by atoms with Crippen LogP contribution in [-0.4, -0.2) is 29.8 Å². The van der Waals surface area contributed by atoms with Gasteiger partial charge in [-0.05, 0) is 69.2 Å². The highest BCUT2D eigenvalue weighted by atomic mass is 32.1. The molecule has 2 aliphatic rings. The number of rotatable bonds is 6. The summed E-state index contributed by atoms with van der Waals surface area (Å²) in [5.41, 5.74) is 0. The maximum atomic E-state index is 4.34. The van der Waals surface area contributed by atoms with Crippen LogP contribution in [0.1, 0.15) is 58.3 Å². The van der Waals surface area contributed by atoms with E-state index in [0.717, 1.165) is 23.6 Å². The molecule has 2 unspecified atom stereocenters. The number of thiol groups is 1. The fraction of sp³-hybridized carbons (Fsp3) is 1.00. The molecule has 1 saturated heterocycles. The van der Waals surface area contributed by atoms with Crippen LogP contribution in [0, 0.1) is 11.8 Å². The normalized spacial score (nSPS) is 28.9. The quantitative estimate of drug-likeness (QED) is 0.703. The van der Waals surface area contributed by atoms with Crippen molar-refractivity contribution >= 4 is 12.6 Å². The van der Waals surface area contributed by atoms with E-state index in [1.54, 1.807) is 0 Å². The molecule has 1 heterocycles. The Kier molecular flexibility index (Phi) is 5.68. The van der Waals surface area contributed by atoms with Gasteiger partial charge in [0, 0.05) is 6.04 Å². The van der Waals surface area contributed by atoms with Gasteiger partial charge in [-0.25, -0.2) is 0 Å². The first-order valence-corrected chi connectivity index (χ1v) is 8.29. The van der Waals surface area contributed by atoms with Gasteiger partial charge in [0.2, 0.25) is 0 Å². The van der Waals surface area contributed by atoms with Crippen molar-refractivity contribution in [1.29, 1.82) is 0 Å². The van der Waals surface area contributed by atoms with Gasteiger partial charge in [-0.1, -0.05) is 19.8 Å². The Bertz CT molecular complexity index is 213. The van der Waals surface area contributed by atoms with Crippen LogP contribution in [0.15, 0.2) is 0 Å². The third-order valence-corrected chi connectivity index (χ3v) is 5.15. The number of nitrogens with zero attached hydrogens (tertiary/aromatic N) is 1. The van der Waals surface area contributed by atoms with Crippen molar-refractivity contribution in [1.82, 2.24) is 4.90 Å². The average Bonchev–Trinajstić information content (AvgIpc) is 2.97. The van der Waals surface area contributed by atoms with E-state index < -0.39 is 0 Å². The largest absolute Gasteiger partial charge is 0.300 e. The van der Waals surface area contributed by atoms with E-state index in [9.17, 15) is 0 Å². The minimum absolute atomic E-state index is 0.859. The monoisotopic (exact) mass is 255 g/mol. The van der Waals surface area contributed by atoms with Crippen LogP contribution < -0.4 is 0 Å². The molecule has 2 rings (SSSR count). The third kappa shape index (κ3) is 3.89. The summed E-state index contributed by atoms with van der Waals surface area (Å²) in [6.45, 7) is 5.10. The molecule has 2 heteroatoms. The Hall–Kier alpha value is 0.310. The predicted molar refractivity (Wildman–Crippen MR) is 78.8 cm³/mol. The van der Waals surface area contributed by atoms with Crippen LogP contribution in [0.25, 0.3) is 0 Å². The van der Waals surface area contributed by atoms with Crippen LogP contribution in [0.5, 0.6) is 0 Å². The lowest BCUT2D eigenvalue weighted by Gasteiger charge is -2.30. The fourth-order valence-electron chi connectivity index (χ4n) is 3.76. The first kappa shape index (κ1) is 13.7. The maximum Gasteiger partial charge on any atom is 0.0124 e. The highest BCUT2D eigenvalue weighted by Gasteiger charge is 2.32. The molecule has 100 valence electrons. The summed E-state index contributed by atoms with van der Waals surface area (Å²) in [7, 11) is 0. The molecule has 1 nitrogen and oxygen atoms in total. The lowest BCUT2D eigenvalue weighted by atomic mass is 9.95.